The van der Waals surface area contributed by atoms with Gasteiger partial charge in [0.1, 0.15) is 7.05 Å². The second kappa shape index (κ2) is 8.80. The molecule has 0 spiro atoms. The summed E-state index contributed by atoms with van der Waals surface area (Å²) < 4.78 is 2.41. The summed E-state index contributed by atoms with van der Waals surface area (Å²) in [5.74, 6) is 1.13. The number of benzene rings is 4. The Bertz CT molecular complexity index is 1220. The van der Waals surface area contributed by atoms with Gasteiger partial charge in [-0.2, -0.15) is 0 Å². The second-order valence-electron chi connectivity index (χ2n) is 8.62. The fourth-order valence-corrected chi connectivity index (χ4v) is 5.58. The van der Waals surface area contributed by atoms with E-state index in [1.165, 1.54) is 55.1 Å². The molecule has 2 heteroatoms. The molecule has 4 aromatic carbocycles. The molecule has 0 amide bonds. The number of hydrogen-bond acceptors (Lipinski definition) is 1. The number of rotatable bonds is 4. The molecule has 1 heterocycles. The molecule has 0 radical (unpaired) electrons. The van der Waals surface area contributed by atoms with Crippen LogP contribution in [-0.4, -0.2) is 29.0 Å². The normalized spacial score (nSPS) is 13.6. The van der Waals surface area contributed by atoms with Crippen LogP contribution in [0.3, 0.4) is 0 Å². The zero-order chi connectivity index (χ0) is 22.1. The van der Waals surface area contributed by atoms with Crippen LogP contribution in [0.15, 0.2) is 91.0 Å². The van der Waals surface area contributed by atoms with E-state index in [2.05, 4.69) is 116 Å². The number of hydrogen-bond donors (Lipinski definition) is 0. The van der Waals surface area contributed by atoms with Crippen molar-refractivity contribution >= 4 is 16.8 Å². The van der Waals surface area contributed by atoms with Gasteiger partial charge in [-0.3, -0.25) is 0 Å². The topological polar surface area (TPSA) is 3.01 Å². The summed E-state index contributed by atoms with van der Waals surface area (Å²) in [6, 6.07) is 33.4. The molecule has 0 saturated heterocycles. The first-order valence-electron chi connectivity index (χ1n) is 11.2. The van der Waals surface area contributed by atoms with Crippen molar-refractivity contribution in [2.45, 2.75) is 13.8 Å². The molecule has 158 valence electrons. The Morgan fingerprint density at radius 2 is 1.16 bits per heavy atom. The van der Waals surface area contributed by atoms with E-state index < -0.39 is 0 Å². The summed E-state index contributed by atoms with van der Waals surface area (Å²) in [6.45, 7) is 5.39. The quantitative estimate of drug-likeness (QED) is 0.302. The van der Waals surface area contributed by atoms with Crippen molar-refractivity contribution in [1.82, 2.24) is 0 Å². The summed E-state index contributed by atoms with van der Waals surface area (Å²) in [5.41, 5.74) is 11.6. The molecule has 0 fully saturated rings. The van der Waals surface area contributed by atoms with E-state index in [9.17, 15) is 0 Å². The Hall–Kier alpha value is -3.10. The van der Waals surface area contributed by atoms with Crippen LogP contribution < -0.4 is 0 Å². The first kappa shape index (κ1) is 20.8. The zero-order valence-electron chi connectivity index (χ0n) is 18.9. The molecule has 0 aliphatic carbocycles. The van der Waals surface area contributed by atoms with Gasteiger partial charge < -0.3 is 0 Å². The van der Waals surface area contributed by atoms with Gasteiger partial charge in [-0.1, -0.05) is 102 Å². The predicted octanol–water partition coefficient (Wildman–Crippen LogP) is 7.44. The third-order valence-corrected chi connectivity index (χ3v) is 7.37. The van der Waals surface area contributed by atoms with E-state index in [0.717, 1.165) is 12.3 Å². The minimum atomic E-state index is 1.08. The maximum atomic E-state index is 2.41. The predicted molar refractivity (Wildman–Crippen MR) is 140 cm³/mol. The van der Waals surface area contributed by atoms with Crippen LogP contribution in [0.25, 0.3) is 33.4 Å². The van der Waals surface area contributed by atoms with E-state index in [-0.39, 0.29) is 0 Å². The minimum absolute atomic E-state index is 1.08. The Labute approximate surface area is 195 Å². The molecule has 0 bridgehead atoms. The van der Waals surface area contributed by atoms with Crippen molar-refractivity contribution in [3.05, 3.63) is 108 Å². The molecule has 1 nitrogen and oxygen atoms in total. The maximum Gasteiger partial charge on any atom is 0.243 e. The van der Waals surface area contributed by atoms with Gasteiger partial charge in [0.15, 0.2) is 6.54 Å². The lowest BCUT2D eigenvalue weighted by atomic mass is 9.87. The summed E-state index contributed by atoms with van der Waals surface area (Å²) in [7, 11) is 2.22. The molecule has 0 N–H and O–H groups in total. The molecule has 5 rings (SSSR count). The molecule has 1 aliphatic rings. The van der Waals surface area contributed by atoms with Crippen molar-refractivity contribution in [1.29, 1.82) is 0 Å². The van der Waals surface area contributed by atoms with Gasteiger partial charge in [0, 0.05) is 0 Å². The van der Waals surface area contributed by atoms with E-state index in [1.807, 2.05) is 11.8 Å². The lowest BCUT2D eigenvalue weighted by Crippen LogP contribution is -2.12. The SMILES string of the molecule is Cc1ccc(-c2cc(-c3ccccc3)cc(-c3ccc(C)cc3)c2C2=[N+](C)CCS2)cc1. The van der Waals surface area contributed by atoms with Crippen LogP contribution in [0.1, 0.15) is 16.7 Å². The van der Waals surface area contributed by atoms with Gasteiger partial charge >= 0.3 is 0 Å². The van der Waals surface area contributed by atoms with Crippen molar-refractivity contribution < 1.29 is 4.58 Å². The number of thioether (sulfide) groups is 1. The van der Waals surface area contributed by atoms with Crippen LogP contribution in [0.2, 0.25) is 0 Å². The summed E-state index contributed by atoms with van der Waals surface area (Å²) in [6.07, 6.45) is 0. The number of nitrogens with zero attached hydrogens (tertiary/aromatic N) is 1. The zero-order valence-corrected chi connectivity index (χ0v) is 19.7. The Morgan fingerprint density at radius 3 is 1.62 bits per heavy atom. The first-order valence-corrected chi connectivity index (χ1v) is 12.2. The molecule has 4 aromatic rings. The molecule has 0 aromatic heterocycles. The average molecular weight is 435 g/mol. The minimum Gasteiger partial charge on any atom is -0.226 e. The highest BCUT2D eigenvalue weighted by Crippen LogP contribution is 2.40. The number of aryl methyl sites for hydroxylation is 2. The van der Waals surface area contributed by atoms with Gasteiger partial charge in [0.05, 0.1) is 11.3 Å². The largest absolute Gasteiger partial charge is 0.243 e. The van der Waals surface area contributed by atoms with Crippen LogP contribution in [0, 0.1) is 13.8 Å². The summed E-state index contributed by atoms with van der Waals surface area (Å²) in [4.78, 5) is 0. The van der Waals surface area contributed by atoms with Crippen molar-refractivity contribution in [2.24, 2.45) is 0 Å². The van der Waals surface area contributed by atoms with Gasteiger partial charge in [0.25, 0.3) is 0 Å². The molecule has 0 atom stereocenters. The highest BCUT2D eigenvalue weighted by molar-refractivity contribution is 8.14. The fraction of sp³-hybridized carbons (Fsp3) is 0.167. The van der Waals surface area contributed by atoms with Crippen LogP contribution in [-0.2, 0) is 0 Å². The molecule has 1 aliphatic heterocycles. The van der Waals surface area contributed by atoms with E-state index >= 15 is 0 Å². The smallest absolute Gasteiger partial charge is 0.226 e. The lowest BCUT2D eigenvalue weighted by Gasteiger charge is -2.17. The van der Waals surface area contributed by atoms with E-state index in [4.69, 9.17) is 0 Å². The van der Waals surface area contributed by atoms with Gasteiger partial charge in [0.2, 0.25) is 5.04 Å². The molecule has 0 unspecified atom stereocenters. The standard InChI is InChI=1S/C30H28NS/c1-21-9-13-24(14-10-21)27-19-26(23-7-5-4-6-8-23)20-28(25-15-11-22(2)12-16-25)29(27)30-31(3)17-18-32-30/h4-16,19-20H,17-18H2,1-3H3/q+1. The second-order valence-corrected chi connectivity index (χ2v) is 9.70. The van der Waals surface area contributed by atoms with Gasteiger partial charge in [-0.05, 0) is 59.4 Å². The highest BCUT2D eigenvalue weighted by Gasteiger charge is 2.28. The third-order valence-electron chi connectivity index (χ3n) is 6.20. The molecule has 32 heavy (non-hydrogen) atoms. The van der Waals surface area contributed by atoms with E-state index in [1.54, 1.807) is 0 Å². The van der Waals surface area contributed by atoms with Crippen molar-refractivity contribution in [3.63, 3.8) is 0 Å². The summed E-state index contributed by atoms with van der Waals surface area (Å²) >= 11 is 1.97. The Morgan fingerprint density at radius 1 is 0.625 bits per heavy atom. The third kappa shape index (κ3) is 4.03. The monoisotopic (exact) mass is 434 g/mol. The van der Waals surface area contributed by atoms with Crippen LogP contribution >= 0.6 is 11.8 Å². The summed E-state index contributed by atoms with van der Waals surface area (Å²) in [5, 5.41) is 1.37. The van der Waals surface area contributed by atoms with Gasteiger partial charge in [-0.15, -0.1) is 0 Å². The van der Waals surface area contributed by atoms with Crippen LogP contribution in [0.4, 0.5) is 0 Å². The highest BCUT2D eigenvalue weighted by atomic mass is 32.2. The molecular weight excluding hydrogens is 406 g/mol. The van der Waals surface area contributed by atoms with Crippen molar-refractivity contribution in [3.8, 4) is 33.4 Å². The van der Waals surface area contributed by atoms with E-state index in [0.29, 0.717) is 0 Å². The van der Waals surface area contributed by atoms with Crippen LogP contribution in [0.5, 0.6) is 0 Å². The Kier molecular flexibility index (Phi) is 5.71. The van der Waals surface area contributed by atoms with Crippen molar-refractivity contribution in [2.75, 3.05) is 19.3 Å². The average Bonchev–Trinajstić information content (AvgIpc) is 3.25. The maximum absolute atomic E-state index is 2.41. The first-order chi connectivity index (χ1) is 15.6. The van der Waals surface area contributed by atoms with Gasteiger partial charge in [-0.25, -0.2) is 4.58 Å². The fourth-order valence-electron chi connectivity index (χ4n) is 4.35. The molecule has 0 saturated carbocycles. The molecular formula is C30H28NS+. The Balaban J connectivity index is 1.85. The lowest BCUT2D eigenvalue weighted by molar-refractivity contribution is -0.485.